The number of alkyl halides is 3. The van der Waals surface area contributed by atoms with Crippen LogP contribution < -0.4 is 10.7 Å². The molecule has 2 N–H and O–H groups in total. The normalized spacial score (nSPS) is 19.1. The average Bonchev–Trinajstić information content (AvgIpc) is 3.00. The number of nitrogens with zero attached hydrogens (tertiary/aromatic N) is 2. The molecule has 1 aliphatic heterocycles. The Morgan fingerprint density at radius 2 is 2.04 bits per heavy atom. The highest BCUT2D eigenvalue weighted by atomic mass is 19.4. The molecule has 3 rings (SSSR count). The molecule has 1 aromatic rings. The molecular weight excluding hydrogens is 313 g/mol. The Balaban J connectivity index is 1.90. The van der Waals surface area contributed by atoms with Crippen LogP contribution in [0.5, 0.6) is 0 Å². The first-order valence-corrected chi connectivity index (χ1v) is 7.27. The van der Waals surface area contributed by atoms with Crippen LogP contribution in [0.2, 0.25) is 0 Å². The summed E-state index contributed by atoms with van der Waals surface area (Å²) in [7, 11) is 0. The average molecular weight is 328 g/mol. The monoisotopic (exact) mass is 328 g/mol. The van der Waals surface area contributed by atoms with Gasteiger partial charge in [-0.1, -0.05) is 12.8 Å². The summed E-state index contributed by atoms with van der Waals surface area (Å²) in [6, 6.07) is 0.942. The first-order chi connectivity index (χ1) is 10.9. The second-order valence-electron chi connectivity index (χ2n) is 5.48. The second-order valence-corrected chi connectivity index (χ2v) is 5.48. The Morgan fingerprint density at radius 3 is 2.65 bits per heavy atom. The minimum Gasteiger partial charge on any atom is -0.466 e. The number of anilines is 1. The number of nitrogens with one attached hydrogen (secondary N) is 2. The summed E-state index contributed by atoms with van der Waals surface area (Å²) < 4.78 is 44.9. The van der Waals surface area contributed by atoms with E-state index in [1.54, 1.807) is 0 Å². The van der Waals surface area contributed by atoms with Gasteiger partial charge in [0.2, 0.25) is 5.90 Å². The van der Waals surface area contributed by atoms with Crippen LogP contribution in [0, 0.1) is 0 Å². The summed E-state index contributed by atoms with van der Waals surface area (Å²) in [4.78, 5) is 14.9. The van der Waals surface area contributed by atoms with E-state index in [4.69, 9.17) is 4.74 Å². The number of aromatic nitrogens is 1. The third kappa shape index (κ3) is 3.54. The van der Waals surface area contributed by atoms with Crippen molar-refractivity contribution in [1.29, 1.82) is 0 Å². The van der Waals surface area contributed by atoms with Crippen molar-refractivity contribution in [2.75, 3.05) is 11.9 Å². The van der Waals surface area contributed by atoms with Crippen LogP contribution in [0.1, 0.15) is 36.8 Å². The Kier molecular flexibility index (Phi) is 4.10. The number of carbonyl (C=O) groups is 1. The maximum atomic E-state index is 13.3. The summed E-state index contributed by atoms with van der Waals surface area (Å²) in [5.74, 6) is -0.735. The minimum absolute atomic E-state index is 0.0111. The summed E-state index contributed by atoms with van der Waals surface area (Å²) in [5, 5.41) is 6.48. The number of amides is 1. The fourth-order valence-electron chi connectivity index (χ4n) is 2.64. The van der Waals surface area contributed by atoms with Crippen molar-refractivity contribution < 1.29 is 22.7 Å². The zero-order chi connectivity index (χ0) is 16.4. The predicted octanol–water partition coefficient (Wildman–Crippen LogP) is 2.26. The van der Waals surface area contributed by atoms with E-state index in [2.05, 4.69) is 20.8 Å². The molecule has 9 heteroatoms. The van der Waals surface area contributed by atoms with E-state index in [-0.39, 0.29) is 29.9 Å². The van der Waals surface area contributed by atoms with Crippen LogP contribution in [0.3, 0.4) is 0 Å². The van der Waals surface area contributed by atoms with Crippen molar-refractivity contribution in [3.05, 3.63) is 23.4 Å². The molecule has 0 unspecified atom stereocenters. The minimum atomic E-state index is -4.55. The number of carbonyl (C=O) groups excluding carboxylic acids is 1. The van der Waals surface area contributed by atoms with Crippen molar-refractivity contribution in [3.8, 4) is 0 Å². The van der Waals surface area contributed by atoms with Gasteiger partial charge in [0.15, 0.2) is 6.61 Å². The highest BCUT2D eigenvalue weighted by molar-refractivity contribution is 5.98. The molecule has 1 amide bonds. The Hall–Kier alpha value is -2.32. The van der Waals surface area contributed by atoms with Gasteiger partial charge >= 0.3 is 6.18 Å². The molecule has 0 aromatic carbocycles. The molecule has 124 valence electrons. The lowest BCUT2D eigenvalue weighted by molar-refractivity contribution is -0.137. The van der Waals surface area contributed by atoms with Crippen LogP contribution in [-0.4, -0.2) is 29.4 Å². The van der Waals surface area contributed by atoms with Crippen molar-refractivity contribution >= 4 is 17.6 Å². The van der Waals surface area contributed by atoms with Crippen LogP contribution in [0.25, 0.3) is 0 Å². The standard InChI is InChI=1S/C14H15F3N4O2/c15-14(16,17)10-5-8(13-21-20-11(22)7-23-13)6-18-12(10)19-9-3-1-2-4-9/h5-6,9H,1-4,7H2,(H,18,19)(H,20,22). The molecular formula is C14H15F3N4O2. The molecule has 0 spiro atoms. The van der Waals surface area contributed by atoms with Crippen LogP contribution in [0.4, 0.5) is 19.0 Å². The largest absolute Gasteiger partial charge is 0.466 e. The Morgan fingerprint density at radius 1 is 1.30 bits per heavy atom. The fraction of sp³-hybridized carbons (Fsp3) is 0.500. The molecule has 0 bridgehead atoms. The predicted molar refractivity (Wildman–Crippen MR) is 75.7 cm³/mol. The van der Waals surface area contributed by atoms with Gasteiger partial charge in [0.05, 0.1) is 11.1 Å². The second kappa shape index (κ2) is 6.05. The first kappa shape index (κ1) is 15.6. The number of halogens is 3. The van der Waals surface area contributed by atoms with E-state index in [9.17, 15) is 18.0 Å². The molecule has 1 aliphatic carbocycles. The van der Waals surface area contributed by atoms with Crippen molar-refractivity contribution in [2.24, 2.45) is 5.10 Å². The van der Waals surface area contributed by atoms with Gasteiger partial charge in [-0.05, 0) is 18.9 Å². The van der Waals surface area contributed by atoms with Crippen LogP contribution in [-0.2, 0) is 15.7 Å². The van der Waals surface area contributed by atoms with Gasteiger partial charge in [-0.15, -0.1) is 5.10 Å². The highest BCUT2D eigenvalue weighted by Gasteiger charge is 2.36. The third-order valence-corrected chi connectivity index (χ3v) is 3.76. The molecule has 1 aromatic heterocycles. The molecule has 2 aliphatic rings. The third-order valence-electron chi connectivity index (χ3n) is 3.76. The van der Waals surface area contributed by atoms with Gasteiger partial charge in [0.1, 0.15) is 5.82 Å². The quantitative estimate of drug-likeness (QED) is 0.892. The molecule has 0 radical (unpaired) electrons. The number of hydrogen-bond acceptors (Lipinski definition) is 5. The molecule has 0 atom stereocenters. The van der Waals surface area contributed by atoms with E-state index in [0.717, 1.165) is 31.7 Å². The number of hydrazone groups is 1. The number of rotatable bonds is 3. The SMILES string of the molecule is O=C1COC(c2cnc(NC3CCCC3)c(C(F)(F)F)c2)=NN1. The molecule has 23 heavy (non-hydrogen) atoms. The Bertz CT molecular complexity index is 639. The van der Waals surface area contributed by atoms with E-state index >= 15 is 0 Å². The lowest BCUT2D eigenvalue weighted by Gasteiger charge is -2.19. The Labute approximate surface area is 130 Å². The van der Waals surface area contributed by atoms with E-state index in [1.165, 1.54) is 6.20 Å². The highest BCUT2D eigenvalue weighted by Crippen LogP contribution is 2.35. The van der Waals surface area contributed by atoms with Gasteiger partial charge in [-0.25, -0.2) is 10.4 Å². The van der Waals surface area contributed by atoms with E-state index < -0.39 is 17.6 Å². The summed E-state index contributed by atoms with van der Waals surface area (Å²) >= 11 is 0. The summed E-state index contributed by atoms with van der Waals surface area (Å²) in [6.07, 6.45) is 0.374. The van der Waals surface area contributed by atoms with Gasteiger partial charge < -0.3 is 10.1 Å². The van der Waals surface area contributed by atoms with Gasteiger partial charge in [-0.2, -0.15) is 13.2 Å². The maximum absolute atomic E-state index is 13.3. The molecule has 2 heterocycles. The zero-order valence-corrected chi connectivity index (χ0v) is 12.1. The first-order valence-electron chi connectivity index (χ1n) is 7.27. The maximum Gasteiger partial charge on any atom is 0.419 e. The van der Waals surface area contributed by atoms with Gasteiger partial charge in [-0.3, -0.25) is 4.79 Å². The lowest BCUT2D eigenvalue weighted by atomic mass is 10.1. The molecule has 1 fully saturated rings. The number of hydrogen-bond donors (Lipinski definition) is 2. The van der Waals surface area contributed by atoms with Crippen molar-refractivity contribution in [1.82, 2.24) is 10.4 Å². The smallest absolute Gasteiger partial charge is 0.419 e. The molecule has 0 saturated heterocycles. The summed E-state index contributed by atoms with van der Waals surface area (Å²) in [5.41, 5.74) is 1.36. The fourth-order valence-corrected chi connectivity index (χ4v) is 2.64. The van der Waals surface area contributed by atoms with E-state index in [0.29, 0.717) is 0 Å². The summed E-state index contributed by atoms with van der Waals surface area (Å²) in [6.45, 7) is -0.289. The van der Waals surface area contributed by atoms with Gasteiger partial charge in [0, 0.05) is 12.2 Å². The van der Waals surface area contributed by atoms with E-state index in [1.807, 2.05) is 0 Å². The number of pyridine rings is 1. The number of ether oxygens (including phenoxy) is 1. The molecule has 6 nitrogen and oxygen atoms in total. The van der Waals surface area contributed by atoms with Crippen molar-refractivity contribution in [2.45, 2.75) is 37.9 Å². The lowest BCUT2D eigenvalue weighted by Crippen LogP contribution is -2.32. The van der Waals surface area contributed by atoms with Crippen molar-refractivity contribution in [3.63, 3.8) is 0 Å². The zero-order valence-electron chi connectivity index (χ0n) is 12.1. The van der Waals surface area contributed by atoms with Gasteiger partial charge in [0.25, 0.3) is 5.91 Å². The van der Waals surface area contributed by atoms with Crippen LogP contribution >= 0.6 is 0 Å². The topological polar surface area (TPSA) is 75.6 Å². The van der Waals surface area contributed by atoms with Crippen LogP contribution in [0.15, 0.2) is 17.4 Å². The molecule has 1 saturated carbocycles.